The summed E-state index contributed by atoms with van der Waals surface area (Å²) in [7, 11) is 0. The van der Waals surface area contributed by atoms with Crippen LogP contribution in [0.2, 0.25) is 0 Å². The van der Waals surface area contributed by atoms with E-state index in [0.717, 1.165) is 70.5 Å². The van der Waals surface area contributed by atoms with Crippen molar-refractivity contribution in [2.75, 3.05) is 45.8 Å². The fraction of sp³-hybridized carbons (Fsp3) is 0.636. The van der Waals surface area contributed by atoms with Crippen LogP contribution in [0.25, 0.3) is 0 Å². The lowest BCUT2D eigenvalue weighted by atomic mass is 10.0. The molecule has 152 valence electrons. The molecule has 1 saturated carbocycles. The van der Waals surface area contributed by atoms with Gasteiger partial charge in [0.05, 0.1) is 6.54 Å². The Morgan fingerprint density at radius 2 is 1.61 bits per heavy atom. The third-order valence-electron chi connectivity index (χ3n) is 6.10. The predicted octanol–water partition coefficient (Wildman–Crippen LogP) is 1.64. The molecule has 6 heteroatoms. The van der Waals surface area contributed by atoms with Crippen molar-refractivity contribution in [2.45, 2.75) is 44.2 Å². The van der Waals surface area contributed by atoms with Gasteiger partial charge in [0.25, 0.3) is 0 Å². The van der Waals surface area contributed by atoms with Crippen LogP contribution in [0, 0.1) is 0 Å². The van der Waals surface area contributed by atoms with Gasteiger partial charge in [-0.05, 0) is 37.7 Å². The van der Waals surface area contributed by atoms with Crippen LogP contribution < -0.4 is 5.32 Å². The third kappa shape index (κ3) is 4.92. The van der Waals surface area contributed by atoms with Gasteiger partial charge in [-0.15, -0.1) is 0 Å². The van der Waals surface area contributed by atoms with Crippen molar-refractivity contribution in [3.8, 4) is 0 Å². The van der Waals surface area contributed by atoms with E-state index in [2.05, 4.69) is 32.1 Å². The van der Waals surface area contributed by atoms with E-state index >= 15 is 0 Å². The summed E-state index contributed by atoms with van der Waals surface area (Å²) in [5.41, 5.74) is 1.08. The topological polar surface area (TPSA) is 55.9 Å². The second kappa shape index (κ2) is 9.05. The van der Waals surface area contributed by atoms with Crippen LogP contribution in [0.4, 0.5) is 0 Å². The monoisotopic (exact) mass is 384 g/mol. The summed E-state index contributed by atoms with van der Waals surface area (Å²) in [5.74, 6) is 0.380. The molecule has 1 unspecified atom stereocenters. The van der Waals surface area contributed by atoms with E-state index in [1.54, 1.807) is 0 Å². The number of amides is 2. The molecule has 2 aliphatic heterocycles. The lowest BCUT2D eigenvalue weighted by Crippen LogP contribution is -2.53. The Labute approximate surface area is 167 Å². The standard InChI is InChI=1S/C22H32N4O2/c27-20(23-19-9-10-19)17-24-13-15-25(16-14-24)21(18-7-3-1-4-8-18)22(28)26-11-5-2-6-12-26/h1,3-4,7-8,19,21H,2,5-6,9-17H2,(H,23,27). The first-order chi connectivity index (χ1) is 13.7. The van der Waals surface area contributed by atoms with Gasteiger partial charge in [0.2, 0.25) is 11.8 Å². The summed E-state index contributed by atoms with van der Waals surface area (Å²) in [6, 6.07) is 10.4. The van der Waals surface area contributed by atoms with Crippen LogP contribution in [0.1, 0.15) is 43.7 Å². The number of likely N-dealkylation sites (tertiary alicyclic amines) is 1. The zero-order chi connectivity index (χ0) is 19.3. The maximum absolute atomic E-state index is 13.4. The Morgan fingerprint density at radius 3 is 2.25 bits per heavy atom. The van der Waals surface area contributed by atoms with Gasteiger partial charge in [-0.25, -0.2) is 0 Å². The van der Waals surface area contributed by atoms with Crippen molar-refractivity contribution < 1.29 is 9.59 Å². The van der Waals surface area contributed by atoms with Gasteiger partial charge in [-0.3, -0.25) is 19.4 Å². The molecule has 2 saturated heterocycles. The van der Waals surface area contributed by atoms with Crippen LogP contribution in [-0.4, -0.2) is 78.4 Å². The molecule has 3 fully saturated rings. The Hall–Kier alpha value is -1.92. The summed E-state index contributed by atoms with van der Waals surface area (Å²) >= 11 is 0. The van der Waals surface area contributed by atoms with Crippen molar-refractivity contribution in [2.24, 2.45) is 0 Å². The van der Waals surface area contributed by atoms with E-state index in [-0.39, 0.29) is 17.9 Å². The minimum Gasteiger partial charge on any atom is -0.352 e. The number of piperidine rings is 1. The van der Waals surface area contributed by atoms with Gasteiger partial charge in [0.1, 0.15) is 6.04 Å². The fourth-order valence-electron chi connectivity index (χ4n) is 4.32. The molecule has 0 aromatic heterocycles. The first kappa shape index (κ1) is 19.4. The van der Waals surface area contributed by atoms with Gasteiger partial charge in [0.15, 0.2) is 0 Å². The molecule has 0 radical (unpaired) electrons. The van der Waals surface area contributed by atoms with Crippen LogP contribution in [0.5, 0.6) is 0 Å². The van der Waals surface area contributed by atoms with Crippen LogP contribution >= 0.6 is 0 Å². The van der Waals surface area contributed by atoms with Crippen LogP contribution in [0.15, 0.2) is 30.3 Å². The number of carbonyl (C=O) groups excluding carboxylic acids is 2. The lowest BCUT2D eigenvalue weighted by Gasteiger charge is -2.41. The Kier molecular flexibility index (Phi) is 6.27. The van der Waals surface area contributed by atoms with Crippen molar-refractivity contribution in [3.05, 3.63) is 35.9 Å². The first-order valence-corrected chi connectivity index (χ1v) is 10.8. The summed E-state index contributed by atoms with van der Waals surface area (Å²) in [5, 5.41) is 3.07. The second-order valence-corrected chi connectivity index (χ2v) is 8.35. The van der Waals surface area contributed by atoms with Crippen LogP contribution in [-0.2, 0) is 9.59 Å². The smallest absolute Gasteiger partial charge is 0.244 e. The molecule has 1 N–H and O–H groups in total. The highest BCUT2D eigenvalue weighted by Gasteiger charge is 2.34. The van der Waals surface area contributed by atoms with Gasteiger partial charge >= 0.3 is 0 Å². The normalized spacial score (nSPS) is 22.6. The van der Waals surface area contributed by atoms with E-state index in [4.69, 9.17) is 0 Å². The summed E-state index contributed by atoms with van der Waals surface area (Å²) < 4.78 is 0. The largest absolute Gasteiger partial charge is 0.352 e. The molecule has 28 heavy (non-hydrogen) atoms. The Balaban J connectivity index is 1.39. The third-order valence-corrected chi connectivity index (χ3v) is 6.10. The molecule has 2 heterocycles. The predicted molar refractivity (Wildman–Crippen MR) is 109 cm³/mol. The number of nitrogens with zero attached hydrogens (tertiary/aromatic N) is 3. The number of benzene rings is 1. The molecule has 4 rings (SSSR count). The average molecular weight is 385 g/mol. The summed E-state index contributed by atoms with van der Waals surface area (Å²) in [6.07, 6.45) is 5.68. The quantitative estimate of drug-likeness (QED) is 0.810. The second-order valence-electron chi connectivity index (χ2n) is 8.35. The van der Waals surface area contributed by atoms with E-state index < -0.39 is 0 Å². The highest BCUT2D eigenvalue weighted by molar-refractivity contribution is 5.83. The first-order valence-electron chi connectivity index (χ1n) is 10.8. The van der Waals surface area contributed by atoms with Crippen molar-refractivity contribution in [1.82, 2.24) is 20.0 Å². The minimum absolute atomic E-state index is 0.139. The highest BCUT2D eigenvalue weighted by atomic mass is 16.2. The molecule has 3 aliphatic rings. The molecule has 0 spiro atoms. The van der Waals surface area contributed by atoms with Crippen LogP contribution in [0.3, 0.4) is 0 Å². The van der Waals surface area contributed by atoms with Crippen molar-refractivity contribution in [3.63, 3.8) is 0 Å². The number of hydrogen-bond acceptors (Lipinski definition) is 4. The fourth-order valence-corrected chi connectivity index (χ4v) is 4.32. The van der Waals surface area contributed by atoms with Gasteiger partial charge < -0.3 is 10.2 Å². The molecule has 0 bridgehead atoms. The van der Waals surface area contributed by atoms with Gasteiger partial charge in [-0.2, -0.15) is 0 Å². The molecule has 1 aromatic rings. The molecule has 1 aliphatic carbocycles. The number of nitrogens with one attached hydrogen (secondary N) is 1. The summed E-state index contributed by atoms with van der Waals surface area (Å²) in [6.45, 7) is 5.52. The van der Waals surface area contributed by atoms with E-state index in [0.29, 0.717) is 12.6 Å². The summed E-state index contributed by atoms with van der Waals surface area (Å²) in [4.78, 5) is 32.0. The number of carbonyl (C=O) groups is 2. The molecular formula is C22H32N4O2. The molecule has 6 nitrogen and oxygen atoms in total. The molecular weight excluding hydrogens is 352 g/mol. The molecule has 1 atom stereocenters. The van der Waals surface area contributed by atoms with Gasteiger partial charge in [-0.1, -0.05) is 30.3 Å². The van der Waals surface area contributed by atoms with E-state index in [9.17, 15) is 9.59 Å². The maximum Gasteiger partial charge on any atom is 0.244 e. The van der Waals surface area contributed by atoms with E-state index in [1.807, 2.05) is 18.2 Å². The van der Waals surface area contributed by atoms with Gasteiger partial charge in [0, 0.05) is 45.3 Å². The van der Waals surface area contributed by atoms with Crippen molar-refractivity contribution in [1.29, 1.82) is 0 Å². The minimum atomic E-state index is -0.207. The van der Waals surface area contributed by atoms with E-state index in [1.165, 1.54) is 6.42 Å². The number of piperazine rings is 1. The molecule has 1 aromatic carbocycles. The van der Waals surface area contributed by atoms with Crippen molar-refractivity contribution >= 4 is 11.8 Å². The lowest BCUT2D eigenvalue weighted by molar-refractivity contribution is -0.139. The Morgan fingerprint density at radius 1 is 0.929 bits per heavy atom. The zero-order valence-corrected chi connectivity index (χ0v) is 16.7. The molecule has 2 amide bonds. The Bertz CT molecular complexity index is 662. The average Bonchev–Trinajstić information content (AvgIpc) is 3.55. The number of rotatable bonds is 6. The zero-order valence-electron chi connectivity index (χ0n) is 16.7. The maximum atomic E-state index is 13.4. The number of hydrogen-bond donors (Lipinski definition) is 1. The highest BCUT2D eigenvalue weighted by Crippen LogP contribution is 2.26. The SMILES string of the molecule is O=C(CN1CCN(C(C(=O)N2CCCCC2)c2ccccc2)CC1)NC1CC1.